The number of rotatable bonds is 4. The smallest absolute Gasteiger partial charge is 0.162 e. The van der Waals surface area contributed by atoms with E-state index in [1.165, 1.54) is 0 Å². The second kappa shape index (κ2) is 4.03. The quantitative estimate of drug-likeness (QED) is 0.657. The molecule has 0 fully saturated rings. The molecule has 0 radical (unpaired) electrons. The van der Waals surface area contributed by atoms with Crippen LogP contribution in [0.5, 0.6) is 0 Å². The molecule has 1 atom stereocenters. The van der Waals surface area contributed by atoms with Gasteiger partial charge in [0.15, 0.2) is 5.78 Å². The third kappa shape index (κ3) is 2.54. The third-order valence-corrected chi connectivity index (χ3v) is 1.89. The van der Waals surface area contributed by atoms with Gasteiger partial charge in [0.25, 0.3) is 0 Å². The topological polar surface area (TPSA) is 34.9 Å². The molecule has 0 aromatic carbocycles. The average molecular weight is 178 g/mol. The summed E-state index contributed by atoms with van der Waals surface area (Å²) in [5.74, 6) is 0.0629. The highest BCUT2D eigenvalue weighted by molar-refractivity contribution is 5.95. The zero-order valence-corrected chi connectivity index (χ0v) is 8.03. The number of carbonyl (C=O) groups excluding carboxylic acids is 1. The fraction of sp³-hybridized carbons (Fsp3) is 0.400. The number of Topliss-reactive ketones (excluding diaryl/α,β-unsaturated/α-hetero) is 1. The number of carbonyl (C=O) groups is 1. The van der Waals surface area contributed by atoms with Crippen LogP contribution in [-0.2, 0) is 11.3 Å². The van der Waals surface area contributed by atoms with Gasteiger partial charge in [0.2, 0.25) is 0 Å². The van der Waals surface area contributed by atoms with Crippen LogP contribution < -0.4 is 0 Å². The lowest BCUT2D eigenvalue weighted by Gasteiger charge is -2.09. The van der Waals surface area contributed by atoms with Crippen molar-refractivity contribution in [3.8, 4) is 0 Å². The first-order valence-electron chi connectivity index (χ1n) is 4.28. The van der Waals surface area contributed by atoms with Gasteiger partial charge < -0.3 is 0 Å². The first kappa shape index (κ1) is 9.71. The molecule has 1 rings (SSSR count). The van der Waals surface area contributed by atoms with Gasteiger partial charge in [-0.05, 0) is 18.6 Å². The van der Waals surface area contributed by atoms with E-state index < -0.39 is 0 Å². The zero-order valence-electron chi connectivity index (χ0n) is 8.03. The molecule has 0 bridgehead atoms. The standard InChI is InChI=1S/C10H14N2O/c1-8(2)10(13)9(3)7-12-6-4-5-11-12/h4-6,9H,1,7H2,2-3H3. The Morgan fingerprint density at radius 2 is 2.38 bits per heavy atom. The minimum Gasteiger partial charge on any atom is -0.294 e. The molecule has 0 spiro atoms. The van der Waals surface area contributed by atoms with E-state index in [4.69, 9.17) is 0 Å². The van der Waals surface area contributed by atoms with Gasteiger partial charge >= 0.3 is 0 Å². The summed E-state index contributed by atoms with van der Waals surface area (Å²) in [6, 6.07) is 1.85. The van der Waals surface area contributed by atoms with Crippen molar-refractivity contribution in [1.82, 2.24) is 9.78 Å². The predicted molar refractivity (Wildman–Crippen MR) is 51.2 cm³/mol. The van der Waals surface area contributed by atoms with Crippen molar-refractivity contribution < 1.29 is 4.79 Å². The Labute approximate surface area is 78.1 Å². The van der Waals surface area contributed by atoms with Crippen LogP contribution in [0, 0.1) is 5.92 Å². The molecule has 1 heterocycles. The van der Waals surface area contributed by atoms with Gasteiger partial charge in [-0.15, -0.1) is 0 Å². The highest BCUT2D eigenvalue weighted by atomic mass is 16.1. The highest BCUT2D eigenvalue weighted by Gasteiger charge is 2.13. The van der Waals surface area contributed by atoms with E-state index in [9.17, 15) is 4.79 Å². The Morgan fingerprint density at radius 1 is 1.69 bits per heavy atom. The lowest BCUT2D eigenvalue weighted by Crippen LogP contribution is -2.18. The molecule has 0 aliphatic rings. The van der Waals surface area contributed by atoms with E-state index in [0.29, 0.717) is 12.1 Å². The normalized spacial score (nSPS) is 12.5. The summed E-state index contributed by atoms with van der Waals surface area (Å²) in [7, 11) is 0. The van der Waals surface area contributed by atoms with Gasteiger partial charge in [-0.1, -0.05) is 13.5 Å². The summed E-state index contributed by atoms with van der Waals surface area (Å²) in [5, 5.41) is 4.03. The number of hydrogen-bond donors (Lipinski definition) is 0. The maximum absolute atomic E-state index is 11.4. The Balaban J connectivity index is 2.55. The molecule has 1 unspecified atom stereocenters. The Hall–Kier alpha value is -1.38. The van der Waals surface area contributed by atoms with Gasteiger partial charge in [-0.2, -0.15) is 5.10 Å². The van der Waals surface area contributed by atoms with E-state index in [1.54, 1.807) is 17.8 Å². The molecule has 0 amide bonds. The summed E-state index contributed by atoms with van der Waals surface area (Å²) in [5.41, 5.74) is 0.611. The lowest BCUT2D eigenvalue weighted by atomic mass is 10.0. The van der Waals surface area contributed by atoms with Gasteiger partial charge in [0.1, 0.15) is 0 Å². The molecule has 0 saturated heterocycles. The van der Waals surface area contributed by atoms with Crippen LogP contribution in [0.2, 0.25) is 0 Å². The molecule has 70 valence electrons. The van der Waals surface area contributed by atoms with Crippen LogP contribution in [0.25, 0.3) is 0 Å². The highest BCUT2D eigenvalue weighted by Crippen LogP contribution is 2.06. The minimum atomic E-state index is -0.0441. The predicted octanol–water partition coefficient (Wildman–Crippen LogP) is 1.66. The van der Waals surface area contributed by atoms with Crippen molar-refractivity contribution in [2.24, 2.45) is 5.92 Å². The minimum absolute atomic E-state index is 0.0441. The molecule has 0 saturated carbocycles. The lowest BCUT2D eigenvalue weighted by molar-refractivity contribution is -0.119. The summed E-state index contributed by atoms with van der Waals surface area (Å²) >= 11 is 0. The molecular formula is C10H14N2O. The Kier molecular flexibility index (Phi) is 3.01. The molecule has 1 aromatic heterocycles. The third-order valence-electron chi connectivity index (χ3n) is 1.89. The summed E-state index contributed by atoms with van der Waals surface area (Å²) in [6.45, 7) is 7.88. The summed E-state index contributed by atoms with van der Waals surface area (Å²) < 4.78 is 1.76. The molecule has 3 nitrogen and oxygen atoms in total. The van der Waals surface area contributed by atoms with Crippen molar-refractivity contribution in [2.75, 3.05) is 0 Å². The molecule has 3 heteroatoms. The van der Waals surface area contributed by atoms with Crippen LogP contribution >= 0.6 is 0 Å². The van der Waals surface area contributed by atoms with Gasteiger partial charge in [0.05, 0.1) is 6.54 Å². The van der Waals surface area contributed by atoms with E-state index >= 15 is 0 Å². The maximum atomic E-state index is 11.4. The number of hydrogen-bond acceptors (Lipinski definition) is 2. The largest absolute Gasteiger partial charge is 0.294 e. The van der Waals surface area contributed by atoms with Crippen molar-refractivity contribution in [3.05, 3.63) is 30.6 Å². The molecular weight excluding hydrogens is 164 g/mol. The van der Waals surface area contributed by atoms with E-state index in [2.05, 4.69) is 11.7 Å². The first-order valence-corrected chi connectivity index (χ1v) is 4.28. The number of allylic oxidation sites excluding steroid dienone is 1. The Bertz CT molecular complexity index is 301. The molecule has 0 N–H and O–H groups in total. The van der Waals surface area contributed by atoms with Gasteiger partial charge in [-0.3, -0.25) is 9.48 Å². The summed E-state index contributed by atoms with van der Waals surface area (Å²) in [4.78, 5) is 11.4. The van der Waals surface area contributed by atoms with E-state index in [1.807, 2.05) is 19.2 Å². The van der Waals surface area contributed by atoms with E-state index in [-0.39, 0.29) is 11.7 Å². The molecule has 1 aromatic rings. The maximum Gasteiger partial charge on any atom is 0.162 e. The van der Waals surface area contributed by atoms with Crippen LogP contribution in [-0.4, -0.2) is 15.6 Å². The number of ketones is 1. The second-order valence-corrected chi connectivity index (χ2v) is 3.27. The van der Waals surface area contributed by atoms with E-state index in [0.717, 1.165) is 0 Å². The van der Waals surface area contributed by atoms with Crippen molar-refractivity contribution >= 4 is 5.78 Å². The Morgan fingerprint density at radius 3 is 2.85 bits per heavy atom. The zero-order chi connectivity index (χ0) is 9.84. The second-order valence-electron chi connectivity index (χ2n) is 3.27. The number of nitrogens with zero attached hydrogens (tertiary/aromatic N) is 2. The molecule has 0 aliphatic heterocycles. The van der Waals surface area contributed by atoms with Gasteiger partial charge in [0, 0.05) is 18.3 Å². The number of aromatic nitrogens is 2. The SMILES string of the molecule is C=C(C)C(=O)C(C)Cn1cccn1. The summed E-state index contributed by atoms with van der Waals surface area (Å²) in [6.07, 6.45) is 3.56. The fourth-order valence-corrected chi connectivity index (χ4v) is 1.19. The van der Waals surface area contributed by atoms with Crippen molar-refractivity contribution in [3.63, 3.8) is 0 Å². The van der Waals surface area contributed by atoms with Crippen molar-refractivity contribution in [1.29, 1.82) is 0 Å². The van der Waals surface area contributed by atoms with Crippen LogP contribution in [0.1, 0.15) is 13.8 Å². The van der Waals surface area contributed by atoms with Gasteiger partial charge in [-0.25, -0.2) is 0 Å². The van der Waals surface area contributed by atoms with Crippen LogP contribution in [0.4, 0.5) is 0 Å². The molecule has 13 heavy (non-hydrogen) atoms. The van der Waals surface area contributed by atoms with Crippen LogP contribution in [0.15, 0.2) is 30.6 Å². The molecule has 0 aliphatic carbocycles. The van der Waals surface area contributed by atoms with Crippen molar-refractivity contribution in [2.45, 2.75) is 20.4 Å². The fourth-order valence-electron chi connectivity index (χ4n) is 1.19. The average Bonchev–Trinajstić information content (AvgIpc) is 2.55. The first-order chi connectivity index (χ1) is 6.11. The monoisotopic (exact) mass is 178 g/mol. The van der Waals surface area contributed by atoms with Crippen LogP contribution in [0.3, 0.4) is 0 Å².